The second-order valence-corrected chi connectivity index (χ2v) is 8.37. The molecule has 5 nitrogen and oxygen atoms in total. The number of amides is 2. The van der Waals surface area contributed by atoms with Crippen LogP contribution in [0.4, 0.5) is 5.69 Å². The summed E-state index contributed by atoms with van der Waals surface area (Å²) in [4.78, 5) is 26.7. The van der Waals surface area contributed by atoms with Crippen molar-refractivity contribution in [1.82, 2.24) is 5.32 Å². The summed E-state index contributed by atoms with van der Waals surface area (Å²) < 4.78 is 6.03. The van der Waals surface area contributed by atoms with Gasteiger partial charge in [0.25, 0.3) is 11.8 Å². The number of hydrogen-bond donors (Lipinski definition) is 1. The zero-order valence-corrected chi connectivity index (χ0v) is 16.9. The van der Waals surface area contributed by atoms with E-state index in [9.17, 15) is 9.59 Å². The van der Waals surface area contributed by atoms with Gasteiger partial charge in [-0.1, -0.05) is 59.9 Å². The first-order chi connectivity index (χ1) is 13.5. The number of hydrogen-bond acceptors (Lipinski definition) is 5. The highest BCUT2D eigenvalue weighted by molar-refractivity contribution is 8.26. The van der Waals surface area contributed by atoms with Crippen molar-refractivity contribution in [3.05, 3.63) is 64.1 Å². The zero-order valence-electron chi connectivity index (χ0n) is 15.2. The Morgan fingerprint density at radius 2 is 2.11 bits per heavy atom. The van der Waals surface area contributed by atoms with Gasteiger partial charge in [-0.05, 0) is 42.7 Å². The molecule has 1 N–H and O–H groups in total. The van der Waals surface area contributed by atoms with E-state index in [-0.39, 0.29) is 18.4 Å². The van der Waals surface area contributed by atoms with Crippen LogP contribution in [0, 0.1) is 6.92 Å². The predicted molar refractivity (Wildman–Crippen MR) is 115 cm³/mol. The molecule has 4 rings (SSSR count). The number of nitrogens with zero attached hydrogens (tertiary/aromatic N) is 1. The molecule has 0 aromatic heterocycles. The van der Waals surface area contributed by atoms with Gasteiger partial charge in [0, 0.05) is 6.54 Å². The molecule has 2 amide bonds. The Morgan fingerprint density at radius 3 is 2.86 bits per heavy atom. The van der Waals surface area contributed by atoms with E-state index < -0.39 is 0 Å². The summed E-state index contributed by atoms with van der Waals surface area (Å²) in [6, 6.07) is 13.9. The van der Waals surface area contributed by atoms with Gasteiger partial charge in [0.05, 0.1) is 10.6 Å². The fourth-order valence-corrected chi connectivity index (χ4v) is 4.28. The van der Waals surface area contributed by atoms with Crippen molar-refractivity contribution in [2.24, 2.45) is 0 Å². The van der Waals surface area contributed by atoms with Gasteiger partial charge >= 0.3 is 0 Å². The highest BCUT2D eigenvalue weighted by Gasteiger charge is 2.26. The van der Waals surface area contributed by atoms with Crippen LogP contribution in [0.15, 0.2) is 47.4 Å². The molecular formula is C21H18N2O3S2. The van der Waals surface area contributed by atoms with Crippen LogP contribution in [0.2, 0.25) is 0 Å². The molecule has 0 bridgehead atoms. The Hall–Kier alpha value is -2.64. The molecule has 2 aliphatic rings. The summed E-state index contributed by atoms with van der Waals surface area (Å²) in [6.45, 7) is 2.66. The first kappa shape index (κ1) is 18.7. The topological polar surface area (TPSA) is 58.6 Å². The number of anilines is 1. The Bertz CT molecular complexity index is 1020. The smallest absolute Gasteiger partial charge is 0.265 e. The van der Waals surface area contributed by atoms with E-state index >= 15 is 0 Å². The molecule has 2 heterocycles. The number of ether oxygens (including phenoxy) is 1. The maximum atomic E-state index is 12.5. The van der Waals surface area contributed by atoms with Gasteiger partial charge in [0.2, 0.25) is 0 Å². The van der Waals surface area contributed by atoms with E-state index in [1.165, 1.54) is 22.9 Å². The fraction of sp³-hybridized carbons (Fsp3) is 0.190. The van der Waals surface area contributed by atoms with Gasteiger partial charge in [-0.15, -0.1) is 0 Å². The first-order valence-corrected chi connectivity index (χ1v) is 10.1. The lowest BCUT2D eigenvalue weighted by Crippen LogP contribution is -2.40. The molecule has 1 saturated heterocycles. The van der Waals surface area contributed by atoms with Gasteiger partial charge in [0.15, 0.2) is 6.61 Å². The van der Waals surface area contributed by atoms with Gasteiger partial charge in [-0.25, -0.2) is 0 Å². The molecule has 0 radical (unpaired) electrons. The predicted octanol–water partition coefficient (Wildman–Crippen LogP) is 3.45. The number of thioether (sulfide) groups is 1. The van der Waals surface area contributed by atoms with Crippen molar-refractivity contribution in [2.45, 2.75) is 13.3 Å². The maximum absolute atomic E-state index is 12.5. The molecule has 0 aliphatic carbocycles. The largest absolute Gasteiger partial charge is 0.482 e. The molecular weight excluding hydrogens is 392 g/mol. The number of benzene rings is 2. The van der Waals surface area contributed by atoms with Crippen molar-refractivity contribution in [2.75, 3.05) is 18.1 Å². The minimum Gasteiger partial charge on any atom is -0.482 e. The van der Waals surface area contributed by atoms with Crippen molar-refractivity contribution in [1.29, 1.82) is 0 Å². The number of carbonyl (C=O) groups is 2. The number of thiocarbonyl (C=S) groups is 1. The second kappa shape index (κ2) is 7.77. The molecule has 1 fully saturated rings. The number of rotatable bonds is 4. The molecule has 142 valence electrons. The average molecular weight is 411 g/mol. The Labute approximate surface area is 172 Å². The summed E-state index contributed by atoms with van der Waals surface area (Å²) in [5, 5.41) is 2.61. The first-order valence-electron chi connectivity index (χ1n) is 8.87. The third-order valence-electron chi connectivity index (χ3n) is 4.57. The van der Waals surface area contributed by atoms with Crippen LogP contribution in [0.1, 0.15) is 16.7 Å². The third-order valence-corrected chi connectivity index (χ3v) is 5.74. The number of carbonyl (C=O) groups excluding carboxylic acids is 2. The standard InChI is InChI=1S/C21H18N2O3S2/c1-13-3-2-4-14(9-13)7-8-23-16-10-15(5-6-17(16)26-12-19(23)24)11-18-20(25)22-21(27)28-18/h2-6,9-11H,7-8,12H2,1H3,(H,22,25,27). The van der Waals surface area contributed by atoms with E-state index in [1.807, 2.05) is 24.3 Å². The molecule has 2 aromatic carbocycles. The Kier molecular flexibility index (Phi) is 5.19. The molecule has 0 unspecified atom stereocenters. The summed E-state index contributed by atoms with van der Waals surface area (Å²) in [5.41, 5.74) is 3.93. The van der Waals surface area contributed by atoms with Gasteiger partial charge in [0.1, 0.15) is 10.1 Å². The van der Waals surface area contributed by atoms with Crippen LogP contribution >= 0.6 is 24.0 Å². The van der Waals surface area contributed by atoms with Crippen molar-refractivity contribution in [3.63, 3.8) is 0 Å². The second-order valence-electron chi connectivity index (χ2n) is 6.65. The Morgan fingerprint density at radius 1 is 1.25 bits per heavy atom. The molecule has 0 saturated carbocycles. The van der Waals surface area contributed by atoms with Crippen molar-refractivity contribution in [3.8, 4) is 5.75 Å². The SMILES string of the molecule is Cc1cccc(CCN2C(=O)COc3ccc(C=C4SC(=S)NC4=O)cc32)c1. The van der Waals surface area contributed by atoms with Crippen LogP contribution in [0.3, 0.4) is 0 Å². The minimum absolute atomic E-state index is 0.0355. The van der Waals surface area contributed by atoms with E-state index in [2.05, 4.69) is 30.4 Å². The lowest BCUT2D eigenvalue weighted by molar-refractivity contribution is -0.121. The molecule has 2 aromatic rings. The third kappa shape index (κ3) is 3.95. The van der Waals surface area contributed by atoms with Crippen LogP contribution in [-0.4, -0.2) is 29.3 Å². The van der Waals surface area contributed by atoms with E-state index in [0.717, 1.165) is 17.7 Å². The number of fused-ring (bicyclic) bond motifs is 1. The van der Waals surface area contributed by atoms with Crippen LogP contribution < -0.4 is 15.0 Å². The zero-order chi connectivity index (χ0) is 19.7. The van der Waals surface area contributed by atoms with Crippen molar-refractivity contribution >= 4 is 51.9 Å². The van der Waals surface area contributed by atoms with E-state index in [4.69, 9.17) is 17.0 Å². The maximum Gasteiger partial charge on any atom is 0.265 e. The minimum atomic E-state index is -0.198. The highest BCUT2D eigenvalue weighted by atomic mass is 32.2. The van der Waals surface area contributed by atoms with Crippen LogP contribution in [0.5, 0.6) is 5.75 Å². The average Bonchev–Trinajstić information content (AvgIpc) is 2.98. The lowest BCUT2D eigenvalue weighted by atomic mass is 10.1. The van der Waals surface area contributed by atoms with Crippen LogP contribution in [0.25, 0.3) is 6.08 Å². The van der Waals surface area contributed by atoms with Crippen LogP contribution in [-0.2, 0) is 16.0 Å². The lowest BCUT2D eigenvalue weighted by Gasteiger charge is -2.29. The monoisotopic (exact) mass is 410 g/mol. The van der Waals surface area contributed by atoms with Gasteiger partial charge < -0.3 is 15.0 Å². The van der Waals surface area contributed by atoms with E-state index in [0.29, 0.717) is 21.5 Å². The fourth-order valence-electron chi connectivity index (χ4n) is 3.24. The summed E-state index contributed by atoms with van der Waals surface area (Å²) >= 11 is 6.26. The van der Waals surface area contributed by atoms with E-state index in [1.54, 1.807) is 11.0 Å². The Balaban J connectivity index is 1.60. The summed E-state index contributed by atoms with van der Waals surface area (Å²) in [7, 11) is 0. The summed E-state index contributed by atoms with van der Waals surface area (Å²) in [6.07, 6.45) is 2.53. The normalized spacial score (nSPS) is 17.5. The van der Waals surface area contributed by atoms with Crippen molar-refractivity contribution < 1.29 is 14.3 Å². The molecule has 28 heavy (non-hydrogen) atoms. The van der Waals surface area contributed by atoms with Gasteiger partial charge in [-0.2, -0.15) is 0 Å². The van der Waals surface area contributed by atoms with Gasteiger partial charge in [-0.3, -0.25) is 9.59 Å². The number of nitrogens with one attached hydrogen (secondary N) is 1. The summed E-state index contributed by atoms with van der Waals surface area (Å²) in [5.74, 6) is 0.403. The quantitative estimate of drug-likeness (QED) is 0.618. The molecule has 0 spiro atoms. The molecule has 7 heteroatoms. The number of aryl methyl sites for hydroxylation is 1. The molecule has 2 aliphatic heterocycles. The molecule has 0 atom stereocenters. The highest BCUT2D eigenvalue weighted by Crippen LogP contribution is 2.35.